The second-order valence-corrected chi connectivity index (χ2v) is 4.15. The Morgan fingerprint density at radius 1 is 0.733 bits per heavy atom. The van der Waals surface area contributed by atoms with Crippen molar-refractivity contribution < 1.29 is 0 Å². The summed E-state index contributed by atoms with van der Waals surface area (Å²) in [5.41, 5.74) is 5.42. The van der Waals surface area contributed by atoms with Gasteiger partial charge in [-0.25, -0.2) is 0 Å². The van der Waals surface area contributed by atoms with Gasteiger partial charge in [0.1, 0.15) is 0 Å². The zero-order chi connectivity index (χ0) is 10.7. The highest BCUT2D eigenvalue weighted by Gasteiger charge is 1.96. The number of benzene rings is 2. The molecule has 0 unspecified atom stereocenters. The molecule has 0 saturated carbocycles. The van der Waals surface area contributed by atoms with E-state index in [0.717, 1.165) is 6.42 Å². The monoisotopic (exact) mass is 196 g/mol. The normalized spacial score (nSPS) is 10.3. The van der Waals surface area contributed by atoms with Gasteiger partial charge in [0.2, 0.25) is 0 Å². The molecule has 0 aliphatic heterocycles. The predicted octanol–water partition coefficient (Wildman–Crippen LogP) is 3.89. The van der Waals surface area contributed by atoms with Crippen molar-refractivity contribution >= 4 is 0 Å². The maximum absolute atomic E-state index is 2.25. The van der Waals surface area contributed by atoms with Gasteiger partial charge in [-0.1, -0.05) is 59.7 Å². The van der Waals surface area contributed by atoms with Gasteiger partial charge in [0.25, 0.3) is 0 Å². The Hall–Kier alpha value is -1.56. The Morgan fingerprint density at radius 2 is 1.47 bits per heavy atom. The fourth-order valence-electron chi connectivity index (χ4n) is 1.76. The van der Waals surface area contributed by atoms with Gasteiger partial charge < -0.3 is 0 Å². The molecule has 15 heavy (non-hydrogen) atoms. The standard InChI is InChI=1S/C15H16/c1-12-6-8-14(9-7-12)11-15-5-3-4-13(2)10-15/h3-10H,11H2,1-2H3. The van der Waals surface area contributed by atoms with Crippen LogP contribution in [0.2, 0.25) is 0 Å². The van der Waals surface area contributed by atoms with Crippen LogP contribution < -0.4 is 0 Å². The average Bonchev–Trinajstić information content (AvgIpc) is 2.22. The largest absolute Gasteiger partial charge is 0.0617 e. The van der Waals surface area contributed by atoms with Crippen LogP contribution >= 0.6 is 0 Å². The van der Waals surface area contributed by atoms with E-state index in [2.05, 4.69) is 62.4 Å². The van der Waals surface area contributed by atoms with Gasteiger partial charge in [-0.3, -0.25) is 0 Å². The second-order valence-electron chi connectivity index (χ2n) is 4.15. The van der Waals surface area contributed by atoms with Crippen molar-refractivity contribution in [2.75, 3.05) is 0 Å². The Kier molecular flexibility index (Phi) is 2.86. The van der Waals surface area contributed by atoms with Crippen LogP contribution in [0.15, 0.2) is 48.5 Å². The van der Waals surface area contributed by atoms with Gasteiger partial charge in [0.05, 0.1) is 0 Å². The fourth-order valence-corrected chi connectivity index (χ4v) is 1.76. The SMILES string of the molecule is Cc1ccc(Cc2cccc(C)c2)cc1. The molecule has 0 amide bonds. The Morgan fingerprint density at radius 3 is 2.13 bits per heavy atom. The minimum absolute atomic E-state index is 1.03. The summed E-state index contributed by atoms with van der Waals surface area (Å²) in [5, 5.41) is 0. The zero-order valence-electron chi connectivity index (χ0n) is 9.33. The lowest BCUT2D eigenvalue weighted by Gasteiger charge is -2.03. The van der Waals surface area contributed by atoms with Crippen LogP contribution in [0.4, 0.5) is 0 Å². The predicted molar refractivity (Wildman–Crippen MR) is 65.2 cm³/mol. The van der Waals surface area contributed by atoms with E-state index in [0.29, 0.717) is 0 Å². The van der Waals surface area contributed by atoms with E-state index in [9.17, 15) is 0 Å². The molecular weight excluding hydrogens is 180 g/mol. The highest BCUT2D eigenvalue weighted by molar-refractivity contribution is 5.30. The first-order valence-electron chi connectivity index (χ1n) is 5.35. The zero-order valence-corrected chi connectivity index (χ0v) is 9.33. The van der Waals surface area contributed by atoms with Crippen LogP contribution in [-0.2, 0) is 6.42 Å². The number of aryl methyl sites for hydroxylation is 2. The van der Waals surface area contributed by atoms with Crippen molar-refractivity contribution in [1.82, 2.24) is 0 Å². The topological polar surface area (TPSA) is 0 Å². The first-order valence-corrected chi connectivity index (χ1v) is 5.35. The van der Waals surface area contributed by atoms with Crippen LogP contribution in [0.3, 0.4) is 0 Å². The molecule has 0 fully saturated rings. The van der Waals surface area contributed by atoms with Crippen molar-refractivity contribution in [2.24, 2.45) is 0 Å². The number of hydrogen-bond acceptors (Lipinski definition) is 0. The van der Waals surface area contributed by atoms with E-state index in [1.54, 1.807) is 0 Å². The third kappa shape index (κ3) is 2.69. The highest BCUT2D eigenvalue weighted by atomic mass is 14.0. The highest BCUT2D eigenvalue weighted by Crippen LogP contribution is 2.11. The molecule has 0 bridgehead atoms. The van der Waals surface area contributed by atoms with E-state index >= 15 is 0 Å². The summed E-state index contributed by atoms with van der Waals surface area (Å²) in [6.45, 7) is 4.26. The van der Waals surface area contributed by atoms with Crippen molar-refractivity contribution in [1.29, 1.82) is 0 Å². The van der Waals surface area contributed by atoms with Crippen LogP contribution in [0, 0.1) is 13.8 Å². The van der Waals surface area contributed by atoms with Crippen LogP contribution in [0.25, 0.3) is 0 Å². The van der Waals surface area contributed by atoms with Gasteiger partial charge in [0.15, 0.2) is 0 Å². The smallest absolute Gasteiger partial charge is 0.00257 e. The molecule has 0 nitrogen and oxygen atoms in total. The summed E-state index contributed by atoms with van der Waals surface area (Å²) in [4.78, 5) is 0. The molecular formula is C15H16. The average molecular weight is 196 g/mol. The number of hydrogen-bond donors (Lipinski definition) is 0. The Balaban J connectivity index is 2.18. The van der Waals surface area contributed by atoms with Crippen LogP contribution in [0.1, 0.15) is 22.3 Å². The molecule has 0 heteroatoms. The summed E-state index contributed by atoms with van der Waals surface area (Å²) in [6, 6.07) is 17.5. The lowest BCUT2D eigenvalue weighted by atomic mass is 10.0. The third-order valence-corrected chi connectivity index (χ3v) is 2.61. The molecule has 0 aliphatic carbocycles. The van der Waals surface area contributed by atoms with Crippen molar-refractivity contribution in [3.8, 4) is 0 Å². The van der Waals surface area contributed by atoms with E-state index in [1.807, 2.05) is 0 Å². The summed E-state index contributed by atoms with van der Waals surface area (Å²) in [7, 11) is 0. The van der Waals surface area contributed by atoms with Crippen molar-refractivity contribution in [3.05, 3.63) is 70.8 Å². The molecule has 2 rings (SSSR count). The lowest BCUT2D eigenvalue weighted by molar-refractivity contribution is 1.18. The molecule has 2 aromatic rings. The second kappa shape index (κ2) is 4.31. The van der Waals surface area contributed by atoms with Gasteiger partial charge in [-0.05, 0) is 31.4 Å². The molecule has 0 radical (unpaired) electrons. The van der Waals surface area contributed by atoms with Gasteiger partial charge in [-0.15, -0.1) is 0 Å². The molecule has 2 aromatic carbocycles. The Bertz CT molecular complexity index is 438. The minimum Gasteiger partial charge on any atom is -0.0617 e. The molecule has 0 aliphatic rings. The van der Waals surface area contributed by atoms with Crippen molar-refractivity contribution in [2.45, 2.75) is 20.3 Å². The third-order valence-electron chi connectivity index (χ3n) is 2.61. The molecule has 0 N–H and O–H groups in total. The molecule has 76 valence electrons. The van der Waals surface area contributed by atoms with Crippen molar-refractivity contribution in [3.63, 3.8) is 0 Å². The minimum atomic E-state index is 1.03. The molecule has 0 saturated heterocycles. The Labute approximate surface area is 91.6 Å². The first-order chi connectivity index (χ1) is 7.24. The fraction of sp³-hybridized carbons (Fsp3) is 0.200. The summed E-state index contributed by atoms with van der Waals surface area (Å²) in [5.74, 6) is 0. The molecule has 0 aromatic heterocycles. The van der Waals surface area contributed by atoms with E-state index in [1.165, 1.54) is 22.3 Å². The van der Waals surface area contributed by atoms with Gasteiger partial charge >= 0.3 is 0 Å². The van der Waals surface area contributed by atoms with Gasteiger partial charge in [-0.2, -0.15) is 0 Å². The van der Waals surface area contributed by atoms with Crippen LogP contribution in [0.5, 0.6) is 0 Å². The van der Waals surface area contributed by atoms with E-state index < -0.39 is 0 Å². The van der Waals surface area contributed by atoms with E-state index in [-0.39, 0.29) is 0 Å². The van der Waals surface area contributed by atoms with E-state index in [4.69, 9.17) is 0 Å². The molecule has 0 heterocycles. The first kappa shape index (κ1) is 9.97. The maximum atomic E-state index is 2.25. The lowest BCUT2D eigenvalue weighted by Crippen LogP contribution is -1.88. The summed E-state index contributed by atoms with van der Waals surface area (Å²) >= 11 is 0. The summed E-state index contributed by atoms with van der Waals surface area (Å²) in [6.07, 6.45) is 1.03. The van der Waals surface area contributed by atoms with Gasteiger partial charge in [0, 0.05) is 0 Å². The summed E-state index contributed by atoms with van der Waals surface area (Å²) < 4.78 is 0. The molecule has 0 spiro atoms. The molecule has 0 atom stereocenters. The van der Waals surface area contributed by atoms with Crippen LogP contribution in [-0.4, -0.2) is 0 Å². The quantitative estimate of drug-likeness (QED) is 0.683. The number of rotatable bonds is 2. The maximum Gasteiger partial charge on any atom is -0.00257 e.